The number of benzene rings is 1. The summed E-state index contributed by atoms with van der Waals surface area (Å²) in [4.78, 5) is 28.4. The first-order valence-electron chi connectivity index (χ1n) is 8.93. The number of carbonyl (C=O) groups is 2. The maximum absolute atomic E-state index is 14.7. The van der Waals surface area contributed by atoms with Crippen LogP contribution in [0.2, 0.25) is 0 Å². The maximum Gasteiger partial charge on any atom is 0.414 e. The average Bonchev–Trinajstić information content (AvgIpc) is 3.08. The number of amides is 2. The number of nitrogens with zero attached hydrogens (tertiary/aromatic N) is 3. The highest BCUT2D eigenvalue weighted by Gasteiger charge is 2.32. The number of aromatic nitrogens is 1. The Kier molecular flexibility index (Phi) is 5.88. The van der Waals surface area contributed by atoms with Crippen molar-refractivity contribution in [3.05, 3.63) is 59.2 Å². The Morgan fingerprint density at radius 3 is 2.90 bits per heavy atom. The van der Waals surface area contributed by atoms with Crippen molar-refractivity contribution in [1.29, 1.82) is 5.26 Å². The van der Waals surface area contributed by atoms with Crippen LogP contribution in [0.3, 0.4) is 0 Å². The second-order valence-corrected chi connectivity index (χ2v) is 6.66. The first kappa shape index (κ1) is 20.0. The summed E-state index contributed by atoms with van der Waals surface area (Å²) in [7, 11) is 0. The molecule has 0 radical (unpaired) electrons. The van der Waals surface area contributed by atoms with Crippen molar-refractivity contribution >= 4 is 29.3 Å². The lowest BCUT2D eigenvalue weighted by molar-refractivity contribution is -0.119. The van der Waals surface area contributed by atoms with E-state index in [9.17, 15) is 14.0 Å². The highest BCUT2D eigenvalue weighted by Crippen LogP contribution is 2.26. The second kappa shape index (κ2) is 8.52. The van der Waals surface area contributed by atoms with E-state index in [1.165, 1.54) is 24.1 Å². The standard InChI is InChI=1S/C21H19FN4O3/c1-13(17-6-15(8-23)9-24-10-17)5-16-3-4-18(7-20(16)22)26-12-19(29-21(26)28)11-25-14(2)27/h3-7,9-10,19H,11-12H2,1-2H3,(H,25,27)/b13-5+/t19-/m0/s1. The summed E-state index contributed by atoms with van der Waals surface area (Å²) in [6.07, 6.45) is 3.64. The number of nitriles is 1. The van der Waals surface area contributed by atoms with Crippen LogP contribution in [-0.4, -0.2) is 36.2 Å². The van der Waals surface area contributed by atoms with Crippen molar-refractivity contribution in [1.82, 2.24) is 10.3 Å². The van der Waals surface area contributed by atoms with E-state index in [1.807, 2.05) is 6.07 Å². The Bertz CT molecular complexity index is 1030. The minimum atomic E-state index is -0.585. The third kappa shape index (κ3) is 4.76. The van der Waals surface area contributed by atoms with E-state index in [2.05, 4.69) is 10.3 Å². The smallest absolute Gasteiger partial charge is 0.414 e. The summed E-state index contributed by atoms with van der Waals surface area (Å²) in [5.41, 5.74) is 2.61. The minimum absolute atomic E-state index is 0.204. The Labute approximate surface area is 167 Å². The number of halogens is 1. The van der Waals surface area contributed by atoms with Gasteiger partial charge in [-0.3, -0.25) is 14.7 Å². The first-order valence-corrected chi connectivity index (χ1v) is 8.93. The molecule has 3 rings (SSSR count). The lowest BCUT2D eigenvalue weighted by atomic mass is 10.0. The van der Waals surface area contributed by atoms with Crippen LogP contribution >= 0.6 is 0 Å². The van der Waals surface area contributed by atoms with Gasteiger partial charge in [0.2, 0.25) is 5.91 Å². The molecule has 1 atom stereocenters. The van der Waals surface area contributed by atoms with E-state index in [0.717, 1.165) is 11.1 Å². The largest absolute Gasteiger partial charge is 0.442 e. The molecule has 7 nitrogen and oxygen atoms in total. The lowest BCUT2D eigenvalue weighted by Crippen LogP contribution is -2.33. The van der Waals surface area contributed by atoms with Gasteiger partial charge in [-0.2, -0.15) is 5.26 Å². The van der Waals surface area contributed by atoms with Gasteiger partial charge >= 0.3 is 6.09 Å². The molecule has 0 aliphatic carbocycles. The first-order chi connectivity index (χ1) is 13.9. The predicted molar refractivity (Wildman–Crippen MR) is 105 cm³/mol. The van der Waals surface area contributed by atoms with E-state index in [-0.39, 0.29) is 19.0 Å². The SMILES string of the molecule is CC(=O)NC[C@H]1CN(c2ccc(/C=C(\C)c3cncc(C#N)c3)c(F)c2)C(=O)O1. The van der Waals surface area contributed by atoms with Crippen LogP contribution in [-0.2, 0) is 9.53 Å². The molecule has 1 fully saturated rings. The summed E-state index contributed by atoms with van der Waals surface area (Å²) >= 11 is 0. The molecule has 1 aromatic carbocycles. The number of carbonyl (C=O) groups excluding carboxylic acids is 2. The summed E-state index contributed by atoms with van der Waals surface area (Å²) in [5.74, 6) is -0.711. The molecule has 148 valence electrons. The molecule has 1 aromatic heterocycles. The molecule has 2 aromatic rings. The molecule has 0 saturated carbocycles. The topological polar surface area (TPSA) is 95.3 Å². The normalized spacial score (nSPS) is 16.3. The molecular formula is C21H19FN4O3. The van der Waals surface area contributed by atoms with Gasteiger partial charge < -0.3 is 10.1 Å². The number of hydrogen-bond donors (Lipinski definition) is 1. The zero-order valence-electron chi connectivity index (χ0n) is 16.0. The third-order valence-corrected chi connectivity index (χ3v) is 4.44. The van der Waals surface area contributed by atoms with Crippen molar-refractivity contribution in [2.24, 2.45) is 0 Å². The van der Waals surface area contributed by atoms with E-state index in [0.29, 0.717) is 16.8 Å². The van der Waals surface area contributed by atoms with Gasteiger partial charge in [-0.25, -0.2) is 9.18 Å². The molecule has 1 aliphatic heterocycles. The van der Waals surface area contributed by atoms with E-state index < -0.39 is 18.0 Å². The monoisotopic (exact) mass is 394 g/mol. The molecular weight excluding hydrogens is 375 g/mol. The van der Waals surface area contributed by atoms with Crippen molar-refractivity contribution < 1.29 is 18.7 Å². The number of nitrogens with one attached hydrogen (secondary N) is 1. The highest BCUT2D eigenvalue weighted by atomic mass is 19.1. The van der Waals surface area contributed by atoms with Gasteiger partial charge in [-0.15, -0.1) is 0 Å². The zero-order chi connectivity index (χ0) is 21.0. The number of hydrogen-bond acceptors (Lipinski definition) is 5. The quantitative estimate of drug-likeness (QED) is 0.841. The van der Waals surface area contributed by atoms with Crippen molar-refractivity contribution in [3.63, 3.8) is 0 Å². The summed E-state index contributed by atoms with van der Waals surface area (Å²) in [6, 6.07) is 8.18. The van der Waals surface area contributed by atoms with Gasteiger partial charge in [-0.1, -0.05) is 0 Å². The lowest BCUT2D eigenvalue weighted by Gasteiger charge is -2.14. The molecule has 1 saturated heterocycles. The molecule has 0 unspecified atom stereocenters. The number of ether oxygens (including phenoxy) is 1. The van der Waals surface area contributed by atoms with Crippen LogP contribution in [0.25, 0.3) is 11.6 Å². The Hall–Kier alpha value is -3.73. The number of pyridine rings is 1. The molecule has 2 heterocycles. The summed E-state index contributed by atoms with van der Waals surface area (Å²) < 4.78 is 19.9. The summed E-state index contributed by atoms with van der Waals surface area (Å²) in [5, 5.41) is 11.6. The molecule has 29 heavy (non-hydrogen) atoms. The van der Waals surface area contributed by atoms with E-state index in [4.69, 9.17) is 10.00 Å². The number of rotatable bonds is 5. The van der Waals surface area contributed by atoms with Crippen molar-refractivity contribution in [3.8, 4) is 6.07 Å². The molecule has 1 aliphatic rings. The number of cyclic esters (lactones) is 1. The molecule has 2 amide bonds. The van der Waals surface area contributed by atoms with Gasteiger partial charge in [0.1, 0.15) is 18.0 Å². The van der Waals surface area contributed by atoms with Crippen LogP contribution < -0.4 is 10.2 Å². The van der Waals surface area contributed by atoms with Crippen LogP contribution in [0.5, 0.6) is 0 Å². The maximum atomic E-state index is 14.7. The van der Waals surface area contributed by atoms with Crippen LogP contribution in [0, 0.1) is 17.1 Å². The molecule has 1 N–H and O–H groups in total. The van der Waals surface area contributed by atoms with Crippen LogP contribution in [0.4, 0.5) is 14.9 Å². The Morgan fingerprint density at radius 1 is 1.41 bits per heavy atom. The Balaban J connectivity index is 1.77. The van der Waals surface area contributed by atoms with Crippen LogP contribution in [0.1, 0.15) is 30.5 Å². The van der Waals surface area contributed by atoms with E-state index >= 15 is 0 Å². The molecule has 0 spiro atoms. The predicted octanol–water partition coefficient (Wildman–Crippen LogP) is 3.11. The fourth-order valence-corrected chi connectivity index (χ4v) is 2.93. The van der Waals surface area contributed by atoms with Gasteiger partial charge in [-0.05, 0) is 48.4 Å². The van der Waals surface area contributed by atoms with Crippen molar-refractivity contribution in [2.45, 2.75) is 20.0 Å². The van der Waals surface area contributed by atoms with E-state index in [1.54, 1.807) is 37.4 Å². The van der Waals surface area contributed by atoms with Gasteiger partial charge in [0.25, 0.3) is 0 Å². The molecule has 8 heteroatoms. The molecule has 0 bridgehead atoms. The number of anilines is 1. The van der Waals surface area contributed by atoms with Gasteiger partial charge in [0.15, 0.2) is 0 Å². The van der Waals surface area contributed by atoms with Crippen LogP contribution in [0.15, 0.2) is 36.7 Å². The average molecular weight is 394 g/mol. The zero-order valence-corrected chi connectivity index (χ0v) is 16.0. The van der Waals surface area contributed by atoms with Gasteiger partial charge in [0.05, 0.1) is 24.3 Å². The van der Waals surface area contributed by atoms with Crippen molar-refractivity contribution in [2.75, 3.05) is 18.0 Å². The fraction of sp³-hybridized carbons (Fsp3) is 0.238. The number of allylic oxidation sites excluding steroid dienone is 1. The highest BCUT2D eigenvalue weighted by molar-refractivity contribution is 5.90. The summed E-state index contributed by atoms with van der Waals surface area (Å²) in [6.45, 7) is 3.61. The Morgan fingerprint density at radius 2 is 2.21 bits per heavy atom. The second-order valence-electron chi connectivity index (χ2n) is 6.66. The minimum Gasteiger partial charge on any atom is -0.442 e. The van der Waals surface area contributed by atoms with Gasteiger partial charge in [0, 0.05) is 24.9 Å². The third-order valence-electron chi connectivity index (χ3n) is 4.44. The fourth-order valence-electron chi connectivity index (χ4n) is 2.93.